The van der Waals surface area contributed by atoms with E-state index in [4.69, 9.17) is 4.98 Å². The van der Waals surface area contributed by atoms with Crippen LogP contribution in [0.25, 0.3) is 10.2 Å². The largest absolute Gasteiger partial charge is 0.299 e. The molecule has 0 bridgehead atoms. The first kappa shape index (κ1) is 14.4. The van der Waals surface area contributed by atoms with Gasteiger partial charge in [-0.1, -0.05) is 32.9 Å². The third-order valence-electron chi connectivity index (χ3n) is 5.88. The lowest BCUT2D eigenvalue weighted by Crippen LogP contribution is -2.28. The number of ketones is 1. The highest BCUT2D eigenvalue weighted by Gasteiger charge is 2.59. The molecule has 1 heterocycles. The number of Topliss-reactive ketones (excluding diaryl/α,β-unsaturated/α-hetero) is 1. The first-order valence-electron chi connectivity index (χ1n) is 8.28. The van der Waals surface area contributed by atoms with Gasteiger partial charge in [0.1, 0.15) is 5.78 Å². The molecule has 2 aliphatic rings. The molecule has 22 heavy (non-hydrogen) atoms. The first-order valence-corrected chi connectivity index (χ1v) is 9.09. The lowest BCUT2D eigenvalue weighted by atomic mass is 9.79. The molecule has 3 atom stereocenters. The zero-order chi connectivity index (χ0) is 15.5. The molecule has 0 aliphatic heterocycles. The van der Waals surface area contributed by atoms with Crippen LogP contribution in [0, 0.1) is 22.7 Å². The minimum atomic E-state index is -0.133. The summed E-state index contributed by atoms with van der Waals surface area (Å²) in [6, 6.07) is 8.33. The lowest BCUT2D eigenvalue weighted by Gasteiger charge is -2.24. The van der Waals surface area contributed by atoms with Gasteiger partial charge in [0.05, 0.1) is 15.2 Å². The van der Waals surface area contributed by atoms with Crippen molar-refractivity contribution in [3.8, 4) is 0 Å². The summed E-state index contributed by atoms with van der Waals surface area (Å²) in [7, 11) is 0. The van der Waals surface area contributed by atoms with Crippen LogP contribution >= 0.6 is 11.3 Å². The molecular weight excluding hydrogens is 290 g/mol. The van der Waals surface area contributed by atoms with E-state index in [0.29, 0.717) is 11.7 Å². The maximum absolute atomic E-state index is 12.9. The van der Waals surface area contributed by atoms with Gasteiger partial charge in [-0.15, -0.1) is 11.3 Å². The molecule has 2 aromatic rings. The van der Waals surface area contributed by atoms with Crippen molar-refractivity contribution in [3.05, 3.63) is 29.3 Å². The van der Waals surface area contributed by atoms with Gasteiger partial charge in [-0.3, -0.25) is 4.79 Å². The Kier molecular flexibility index (Phi) is 3.03. The van der Waals surface area contributed by atoms with Crippen LogP contribution in [0.3, 0.4) is 0 Å². The number of carbonyl (C=O) groups excluding carboxylic acids is 1. The van der Waals surface area contributed by atoms with Crippen molar-refractivity contribution in [2.75, 3.05) is 0 Å². The molecule has 0 amide bonds. The third-order valence-corrected chi connectivity index (χ3v) is 6.94. The minimum Gasteiger partial charge on any atom is -0.299 e. The maximum atomic E-state index is 12.9. The highest BCUT2D eigenvalue weighted by atomic mass is 32.1. The maximum Gasteiger partial charge on any atom is 0.142 e. The minimum absolute atomic E-state index is 0.133. The van der Waals surface area contributed by atoms with Gasteiger partial charge in [-0.2, -0.15) is 0 Å². The molecule has 116 valence electrons. The molecule has 0 spiro atoms. The summed E-state index contributed by atoms with van der Waals surface area (Å²) >= 11 is 1.80. The number of benzene rings is 1. The monoisotopic (exact) mass is 313 g/mol. The molecule has 1 aromatic heterocycles. The number of hydrogen-bond acceptors (Lipinski definition) is 3. The number of nitrogens with zero attached hydrogens (tertiary/aromatic N) is 1. The second kappa shape index (κ2) is 4.64. The SMILES string of the molecule is CC1(C)C[C@@]2(C)CC[C@H](Cc3nc4ccccc4s3)[C@H]2C1=O. The molecule has 1 aromatic carbocycles. The zero-order valence-corrected chi connectivity index (χ0v) is 14.4. The number of hydrogen-bond donors (Lipinski definition) is 0. The van der Waals surface area contributed by atoms with E-state index in [-0.39, 0.29) is 16.7 Å². The van der Waals surface area contributed by atoms with E-state index in [1.54, 1.807) is 11.3 Å². The second-order valence-electron chi connectivity index (χ2n) is 8.13. The van der Waals surface area contributed by atoms with Gasteiger partial charge in [-0.05, 0) is 42.7 Å². The second-order valence-corrected chi connectivity index (χ2v) is 9.25. The van der Waals surface area contributed by atoms with E-state index in [9.17, 15) is 4.79 Å². The smallest absolute Gasteiger partial charge is 0.142 e. The number of fused-ring (bicyclic) bond motifs is 2. The Labute approximate surface area is 136 Å². The molecule has 4 rings (SSSR count). The average molecular weight is 313 g/mol. The van der Waals surface area contributed by atoms with Crippen LogP contribution in [-0.4, -0.2) is 10.8 Å². The normalized spacial score (nSPS) is 33.5. The van der Waals surface area contributed by atoms with Gasteiger partial charge in [0, 0.05) is 17.8 Å². The fraction of sp³-hybridized carbons (Fsp3) is 0.579. The third kappa shape index (κ3) is 2.05. The van der Waals surface area contributed by atoms with Crippen molar-refractivity contribution in [1.29, 1.82) is 0 Å². The summed E-state index contributed by atoms with van der Waals surface area (Å²) in [4.78, 5) is 17.7. The average Bonchev–Trinajstić information content (AvgIpc) is 3.03. The molecule has 3 heteroatoms. The summed E-state index contributed by atoms with van der Waals surface area (Å²) in [5.41, 5.74) is 1.19. The molecule has 2 saturated carbocycles. The van der Waals surface area contributed by atoms with Gasteiger partial charge in [0.2, 0.25) is 0 Å². The van der Waals surface area contributed by atoms with Crippen LogP contribution in [0.2, 0.25) is 0 Å². The summed E-state index contributed by atoms with van der Waals surface area (Å²) in [5.74, 6) is 1.23. The number of aromatic nitrogens is 1. The van der Waals surface area contributed by atoms with Crippen molar-refractivity contribution in [1.82, 2.24) is 4.98 Å². The Bertz CT molecular complexity index is 714. The zero-order valence-electron chi connectivity index (χ0n) is 13.6. The van der Waals surface area contributed by atoms with E-state index in [2.05, 4.69) is 39.0 Å². The van der Waals surface area contributed by atoms with Crippen LogP contribution in [0.4, 0.5) is 0 Å². The molecule has 2 fully saturated rings. The Morgan fingerprint density at radius 1 is 1.27 bits per heavy atom. The van der Waals surface area contributed by atoms with Gasteiger partial charge >= 0.3 is 0 Å². The van der Waals surface area contributed by atoms with Gasteiger partial charge < -0.3 is 0 Å². The Morgan fingerprint density at radius 3 is 2.82 bits per heavy atom. The van der Waals surface area contributed by atoms with Gasteiger partial charge in [-0.25, -0.2) is 4.98 Å². The van der Waals surface area contributed by atoms with Gasteiger partial charge in [0.15, 0.2) is 0 Å². The van der Waals surface area contributed by atoms with E-state index in [1.807, 2.05) is 6.07 Å². The standard InChI is InChI=1S/C19H23NOS/c1-18(2)11-19(3)9-8-12(16(19)17(18)21)10-15-20-13-6-4-5-7-14(13)22-15/h4-7,12,16H,8-11H2,1-3H3/t12-,16+,19-/m1/s1. The van der Waals surface area contributed by atoms with E-state index in [1.165, 1.54) is 22.5 Å². The first-order chi connectivity index (χ1) is 10.4. The Hall–Kier alpha value is -1.22. The lowest BCUT2D eigenvalue weighted by molar-refractivity contribution is -0.129. The summed E-state index contributed by atoms with van der Waals surface area (Å²) < 4.78 is 1.26. The summed E-state index contributed by atoms with van der Waals surface area (Å²) in [6.07, 6.45) is 4.41. The van der Waals surface area contributed by atoms with Crippen molar-refractivity contribution < 1.29 is 4.79 Å². The highest BCUT2D eigenvalue weighted by Crippen LogP contribution is 2.61. The van der Waals surface area contributed by atoms with Crippen LogP contribution < -0.4 is 0 Å². The van der Waals surface area contributed by atoms with Gasteiger partial charge in [0.25, 0.3) is 0 Å². The molecule has 0 unspecified atom stereocenters. The predicted molar refractivity (Wildman–Crippen MR) is 91.1 cm³/mol. The quantitative estimate of drug-likeness (QED) is 0.791. The number of carbonyl (C=O) groups is 1. The van der Waals surface area contributed by atoms with E-state index < -0.39 is 0 Å². The molecule has 0 saturated heterocycles. The van der Waals surface area contributed by atoms with Crippen molar-refractivity contribution in [2.24, 2.45) is 22.7 Å². The summed E-state index contributed by atoms with van der Waals surface area (Å²) in [6.45, 7) is 6.60. The van der Waals surface area contributed by atoms with Crippen LogP contribution in [0.1, 0.15) is 45.0 Å². The highest BCUT2D eigenvalue weighted by molar-refractivity contribution is 7.18. The number of thiazole rings is 1. The number of para-hydroxylation sites is 1. The fourth-order valence-electron chi connectivity index (χ4n) is 5.10. The number of rotatable bonds is 2. The fourth-order valence-corrected chi connectivity index (χ4v) is 6.16. The molecule has 2 nitrogen and oxygen atoms in total. The van der Waals surface area contributed by atoms with Crippen molar-refractivity contribution >= 4 is 27.3 Å². The van der Waals surface area contributed by atoms with Crippen LogP contribution in [-0.2, 0) is 11.2 Å². The Balaban J connectivity index is 1.62. The predicted octanol–water partition coefficient (Wildman–Crippen LogP) is 4.87. The Morgan fingerprint density at radius 2 is 2.05 bits per heavy atom. The topological polar surface area (TPSA) is 30.0 Å². The van der Waals surface area contributed by atoms with E-state index >= 15 is 0 Å². The molecule has 2 aliphatic carbocycles. The van der Waals surface area contributed by atoms with Crippen LogP contribution in [0.15, 0.2) is 24.3 Å². The van der Waals surface area contributed by atoms with Crippen molar-refractivity contribution in [2.45, 2.75) is 46.5 Å². The van der Waals surface area contributed by atoms with Crippen LogP contribution in [0.5, 0.6) is 0 Å². The summed E-state index contributed by atoms with van der Waals surface area (Å²) in [5, 5.41) is 1.20. The van der Waals surface area contributed by atoms with Crippen molar-refractivity contribution in [3.63, 3.8) is 0 Å². The molecular formula is C19H23NOS. The molecule has 0 radical (unpaired) electrons. The molecule has 0 N–H and O–H groups in total. The van der Waals surface area contributed by atoms with E-state index in [0.717, 1.165) is 18.4 Å².